The number of rotatable bonds is 7. The number of aryl methyl sites for hydroxylation is 1. The normalized spacial score (nSPS) is 11.4. The SMILES string of the molecule is CCCCCc1nnc(NC(=O)c2ccc(S(C)(=O)=O)cc2)s1. The molecule has 1 N–H and O–H groups in total. The second-order valence-corrected chi connectivity index (χ2v) is 8.29. The zero-order chi connectivity index (χ0) is 16.9. The van der Waals surface area contributed by atoms with E-state index in [0.29, 0.717) is 10.7 Å². The lowest BCUT2D eigenvalue weighted by molar-refractivity contribution is 0.102. The largest absolute Gasteiger partial charge is 0.296 e. The zero-order valence-electron chi connectivity index (χ0n) is 13.1. The number of nitrogens with one attached hydrogen (secondary N) is 1. The first-order valence-electron chi connectivity index (χ1n) is 7.34. The van der Waals surface area contributed by atoms with Gasteiger partial charge in [0.2, 0.25) is 5.13 Å². The van der Waals surface area contributed by atoms with Crippen LogP contribution in [0.3, 0.4) is 0 Å². The van der Waals surface area contributed by atoms with Crippen LogP contribution in [0.15, 0.2) is 29.2 Å². The fraction of sp³-hybridized carbons (Fsp3) is 0.400. The molecule has 0 atom stereocenters. The maximum atomic E-state index is 12.1. The number of nitrogens with zero attached hydrogens (tertiary/aromatic N) is 2. The van der Waals surface area contributed by atoms with Crippen molar-refractivity contribution in [2.45, 2.75) is 37.5 Å². The molecule has 0 radical (unpaired) electrons. The van der Waals surface area contributed by atoms with Crippen LogP contribution in [-0.4, -0.2) is 30.8 Å². The average Bonchev–Trinajstić information content (AvgIpc) is 2.94. The Morgan fingerprint density at radius 2 is 1.87 bits per heavy atom. The number of aromatic nitrogens is 2. The summed E-state index contributed by atoms with van der Waals surface area (Å²) in [6.07, 6.45) is 5.35. The van der Waals surface area contributed by atoms with Crippen LogP contribution in [-0.2, 0) is 16.3 Å². The Morgan fingerprint density at radius 1 is 1.17 bits per heavy atom. The molecule has 0 aliphatic heterocycles. The third-order valence-corrected chi connectivity index (χ3v) is 5.25. The van der Waals surface area contributed by atoms with Crippen molar-refractivity contribution in [3.05, 3.63) is 34.8 Å². The molecule has 0 aliphatic carbocycles. The number of benzene rings is 1. The molecule has 0 bridgehead atoms. The molecule has 0 spiro atoms. The van der Waals surface area contributed by atoms with Crippen LogP contribution >= 0.6 is 11.3 Å². The van der Waals surface area contributed by atoms with E-state index in [1.165, 1.54) is 35.6 Å². The molecule has 0 aliphatic rings. The maximum absolute atomic E-state index is 12.1. The molecule has 2 rings (SSSR count). The summed E-state index contributed by atoms with van der Waals surface area (Å²) in [7, 11) is -3.26. The molecule has 0 fully saturated rings. The molecule has 124 valence electrons. The summed E-state index contributed by atoms with van der Waals surface area (Å²) in [6.45, 7) is 2.14. The monoisotopic (exact) mass is 353 g/mol. The van der Waals surface area contributed by atoms with Crippen LogP contribution in [0.2, 0.25) is 0 Å². The van der Waals surface area contributed by atoms with Crippen molar-refractivity contribution in [2.75, 3.05) is 11.6 Å². The minimum atomic E-state index is -3.26. The van der Waals surface area contributed by atoms with Crippen molar-refractivity contribution in [3.8, 4) is 0 Å². The molecule has 8 heteroatoms. The van der Waals surface area contributed by atoms with Gasteiger partial charge in [0.05, 0.1) is 4.90 Å². The summed E-state index contributed by atoms with van der Waals surface area (Å²) < 4.78 is 22.8. The molecule has 1 amide bonds. The number of hydrogen-bond acceptors (Lipinski definition) is 6. The lowest BCUT2D eigenvalue weighted by Gasteiger charge is -2.02. The number of amides is 1. The Hall–Kier alpha value is -1.80. The molecular weight excluding hydrogens is 334 g/mol. The highest BCUT2D eigenvalue weighted by molar-refractivity contribution is 7.90. The predicted octanol–water partition coefficient (Wildman–Crippen LogP) is 2.93. The first-order chi connectivity index (χ1) is 10.9. The molecule has 0 saturated carbocycles. The number of sulfone groups is 1. The van der Waals surface area contributed by atoms with Gasteiger partial charge in [-0.1, -0.05) is 31.1 Å². The first-order valence-corrected chi connectivity index (χ1v) is 10.0. The van der Waals surface area contributed by atoms with Crippen molar-refractivity contribution in [2.24, 2.45) is 0 Å². The number of carbonyl (C=O) groups is 1. The highest BCUT2D eigenvalue weighted by Gasteiger charge is 2.12. The minimum absolute atomic E-state index is 0.183. The summed E-state index contributed by atoms with van der Waals surface area (Å²) >= 11 is 1.36. The zero-order valence-corrected chi connectivity index (χ0v) is 14.7. The Balaban J connectivity index is 1.99. The van der Waals surface area contributed by atoms with Crippen molar-refractivity contribution < 1.29 is 13.2 Å². The fourth-order valence-electron chi connectivity index (χ4n) is 1.95. The Kier molecular flexibility index (Phi) is 5.84. The van der Waals surface area contributed by atoms with Crippen LogP contribution in [0.1, 0.15) is 41.6 Å². The van der Waals surface area contributed by atoms with Crippen molar-refractivity contribution in [1.29, 1.82) is 0 Å². The average molecular weight is 353 g/mol. The third kappa shape index (κ3) is 5.11. The fourth-order valence-corrected chi connectivity index (χ4v) is 3.36. The van der Waals surface area contributed by atoms with E-state index in [0.717, 1.165) is 36.9 Å². The number of unbranched alkanes of at least 4 members (excludes halogenated alkanes) is 2. The number of hydrogen-bond donors (Lipinski definition) is 1. The molecule has 0 unspecified atom stereocenters. The molecule has 1 aromatic heterocycles. The van der Waals surface area contributed by atoms with E-state index in [1.54, 1.807) is 0 Å². The Bertz CT molecular complexity index is 768. The van der Waals surface area contributed by atoms with E-state index in [-0.39, 0.29) is 10.8 Å². The summed E-state index contributed by atoms with van der Waals surface area (Å²) in [5, 5.41) is 12.1. The second kappa shape index (κ2) is 7.65. The van der Waals surface area contributed by atoms with Gasteiger partial charge in [0.15, 0.2) is 9.84 Å². The Labute approximate surface area is 139 Å². The van der Waals surface area contributed by atoms with Gasteiger partial charge in [0.1, 0.15) is 5.01 Å². The van der Waals surface area contributed by atoms with Gasteiger partial charge < -0.3 is 0 Å². The third-order valence-electron chi connectivity index (χ3n) is 3.23. The van der Waals surface area contributed by atoms with Gasteiger partial charge in [-0.05, 0) is 30.7 Å². The molecule has 0 saturated heterocycles. The van der Waals surface area contributed by atoms with Crippen molar-refractivity contribution in [3.63, 3.8) is 0 Å². The molecule has 1 aromatic carbocycles. The van der Waals surface area contributed by atoms with E-state index < -0.39 is 9.84 Å². The maximum Gasteiger partial charge on any atom is 0.257 e. The molecule has 6 nitrogen and oxygen atoms in total. The standard InChI is InChI=1S/C15H19N3O3S2/c1-3-4-5-6-13-17-18-15(22-13)16-14(19)11-7-9-12(10-8-11)23(2,20)21/h7-10H,3-6H2,1-2H3,(H,16,18,19). The summed E-state index contributed by atoms with van der Waals surface area (Å²) in [6, 6.07) is 5.80. The number of anilines is 1. The quantitative estimate of drug-likeness (QED) is 0.773. The van der Waals surface area contributed by atoms with Crippen LogP contribution in [0.5, 0.6) is 0 Å². The lowest BCUT2D eigenvalue weighted by atomic mass is 10.2. The number of carbonyl (C=O) groups excluding carboxylic acids is 1. The highest BCUT2D eigenvalue weighted by atomic mass is 32.2. The summed E-state index contributed by atoms with van der Waals surface area (Å²) in [5.41, 5.74) is 0.375. The van der Waals surface area contributed by atoms with Crippen LogP contribution in [0, 0.1) is 0 Å². The summed E-state index contributed by atoms with van der Waals surface area (Å²) in [4.78, 5) is 12.3. The smallest absolute Gasteiger partial charge is 0.257 e. The van der Waals surface area contributed by atoms with Crippen LogP contribution in [0.4, 0.5) is 5.13 Å². The van der Waals surface area contributed by atoms with Gasteiger partial charge in [-0.3, -0.25) is 10.1 Å². The van der Waals surface area contributed by atoms with E-state index in [2.05, 4.69) is 22.4 Å². The van der Waals surface area contributed by atoms with Crippen molar-refractivity contribution >= 4 is 32.2 Å². The van der Waals surface area contributed by atoms with E-state index in [9.17, 15) is 13.2 Å². The molecule has 23 heavy (non-hydrogen) atoms. The first kappa shape index (κ1) is 17.6. The van der Waals surface area contributed by atoms with Gasteiger partial charge in [-0.15, -0.1) is 10.2 Å². The highest BCUT2D eigenvalue weighted by Crippen LogP contribution is 2.19. The molecular formula is C15H19N3O3S2. The molecule has 2 aromatic rings. The lowest BCUT2D eigenvalue weighted by Crippen LogP contribution is -2.11. The van der Waals surface area contributed by atoms with E-state index in [4.69, 9.17) is 0 Å². The van der Waals surface area contributed by atoms with Gasteiger partial charge >= 0.3 is 0 Å². The van der Waals surface area contributed by atoms with E-state index in [1.807, 2.05) is 0 Å². The predicted molar refractivity (Wildman–Crippen MR) is 90.6 cm³/mol. The summed E-state index contributed by atoms with van der Waals surface area (Å²) in [5.74, 6) is -0.332. The Morgan fingerprint density at radius 3 is 2.48 bits per heavy atom. The minimum Gasteiger partial charge on any atom is -0.296 e. The second-order valence-electron chi connectivity index (χ2n) is 5.21. The van der Waals surface area contributed by atoms with Gasteiger partial charge in [0.25, 0.3) is 5.91 Å². The van der Waals surface area contributed by atoms with Crippen LogP contribution < -0.4 is 5.32 Å². The van der Waals surface area contributed by atoms with Gasteiger partial charge in [-0.2, -0.15) is 0 Å². The molecule has 1 heterocycles. The van der Waals surface area contributed by atoms with Gasteiger partial charge in [0, 0.05) is 18.2 Å². The topological polar surface area (TPSA) is 89.0 Å². The van der Waals surface area contributed by atoms with Crippen LogP contribution in [0.25, 0.3) is 0 Å². The van der Waals surface area contributed by atoms with Crippen molar-refractivity contribution in [1.82, 2.24) is 10.2 Å². The van der Waals surface area contributed by atoms with E-state index >= 15 is 0 Å². The van der Waals surface area contributed by atoms with Gasteiger partial charge in [-0.25, -0.2) is 8.42 Å².